The van der Waals surface area contributed by atoms with Gasteiger partial charge in [0.15, 0.2) is 16.6 Å². The van der Waals surface area contributed by atoms with Gasteiger partial charge < -0.3 is 14.2 Å². The van der Waals surface area contributed by atoms with Gasteiger partial charge in [0.2, 0.25) is 0 Å². The highest BCUT2D eigenvalue weighted by molar-refractivity contribution is 7.23. The minimum absolute atomic E-state index is 0.257. The van der Waals surface area contributed by atoms with Gasteiger partial charge in [-0.05, 0) is 35.9 Å². The van der Waals surface area contributed by atoms with Crippen LogP contribution in [0.1, 0.15) is 15.9 Å². The number of carbonyl (C=O) groups excluding carboxylic acids is 1. The molecule has 0 unspecified atom stereocenters. The zero-order chi connectivity index (χ0) is 22.7. The Morgan fingerprint density at radius 2 is 1.84 bits per heavy atom. The van der Waals surface area contributed by atoms with Crippen LogP contribution in [0.25, 0.3) is 10.2 Å². The van der Waals surface area contributed by atoms with Crippen LogP contribution in [0.4, 0.5) is 5.13 Å². The molecular weight excluding hydrogens is 450 g/mol. The maximum Gasteiger partial charge on any atom is 0.264 e. The van der Waals surface area contributed by atoms with E-state index < -0.39 is 0 Å². The van der Waals surface area contributed by atoms with E-state index in [9.17, 15) is 4.79 Å². The van der Waals surface area contributed by atoms with Crippen LogP contribution in [0.3, 0.4) is 0 Å². The summed E-state index contributed by atoms with van der Waals surface area (Å²) in [6, 6.07) is 12.4. The Balaban J connectivity index is 1.86. The lowest BCUT2D eigenvalue weighted by atomic mass is 10.1. The third-order valence-corrected chi connectivity index (χ3v) is 6.38. The number of methoxy groups -OCH3 is 3. The molecule has 9 heteroatoms. The first-order valence-electron chi connectivity index (χ1n) is 9.62. The average Bonchev–Trinajstić information content (AvgIpc) is 3.28. The molecule has 164 valence electrons. The maximum absolute atomic E-state index is 13.8. The van der Waals surface area contributed by atoms with Gasteiger partial charge in [-0.15, -0.1) is 0 Å². The molecule has 0 N–H and O–H groups in total. The number of rotatable bonds is 7. The van der Waals surface area contributed by atoms with E-state index in [0.29, 0.717) is 38.5 Å². The Bertz CT molecular complexity index is 1260. The van der Waals surface area contributed by atoms with E-state index in [1.807, 2.05) is 12.1 Å². The Morgan fingerprint density at radius 1 is 1.03 bits per heavy atom. The van der Waals surface area contributed by atoms with Crippen LogP contribution in [0.5, 0.6) is 17.2 Å². The summed E-state index contributed by atoms with van der Waals surface area (Å²) < 4.78 is 17.0. The van der Waals surface area contributed by atoms with Crippen molar-refractivity contribution in [2.75, 3.05) is 26.2 Å². The summed E-state index contributed by atoms with van der Waals surface area (Å²) in [4.78, 5) is 24.2. The number of hydrogen-bond acceptors (Lipinski definition) is 7. The summed E-state index contributed by atoms with van der Waals surface area (Å²) >= 11 is 7.73. The number of nitrogens with zero attached hydrogens (tertiary/aromatic N) is 3. The van der Waals surface area contributed by atoms with Gasteiger partial charge >= 0.3 is 0 Å². The summed E-state index contributed by atoms with van der Waals surface area (Å²) in [7, 11) is 4.60. The molecule has 2 aromatic carbocycles. The highest BCUT2D eigenvalue weighted by Crippen LogP contribution is 2.40. The Labute approximate surface area is 194 Å². The molecule has 0 atom stereocenters. The standard InChI is InChI=1S/C23H20ClN3O4S/c1-29-17-10-9-16(24)21-19(17)26-23(32-21)27(13-14-6-5-11-25-12-14)22(28)15-7-4-8-18(30-2)20(15)31-3/h4-12H,13H2,1-3H3. The fourth-order valence-electron chi connectivity index (χ4n) is 3.32. The van der Waals surface area contributed by atoms with Gasteiger partial charge in [0.1, 0.15) is 11.3 Å². The number of aromatic nitrogens is 2. The van der Waals surface area contributed by atoms with Crippen LogP contribution < -0.4 is 19.1 Å². The molecule has 32 heavy (non-hydrogen) atoms. The number of amides is 1. The summed E-state index contributed by atoms with van der Waals surface area (Å²) in [5, 5.41) is 1.02. The first-order valence-corrected chi connectivity index (χ1v) is 10.8. The van der Waals surface area contributed by atoms with E-state index in [1.54, 1.807) is 54.7 Å². The fraction of sp³-hybridized carbons (Fsp3) is 0.174. The van der Waals surface area contributed by atoms with Crippen molar-refractivity contribution >= 4 is 44.2 Å². The SMILES string of the molecule is COc1cccc(C(=O)N(Cc2cccnc2)c2nc3c(OC)ccc(Cl)c3s2)c1OC. The molecule has 0 radical (unpaired) electrons. The second-order valence-electron chi connectivity index (χ2n) is 6.72. The zero-order valence-corrected chi connectivity index (χ0v) is 19.2. The number of para-hydroxylation sites is 1. The lowest BCUT2D eigenvalue weighted by Crippen LogP contribution is -2.30. The monoisotopic (exact) mass is 469 g/mol. The van der Waals surface area contributed by atoms with Crippen LogP contribution in [-0.2, 0) is 6.54 Å². The predicted octanol–water partition coefficient (Wildman–Crippen LogP) is 5.22. The Kier molecular flexibility index (Phi) is 6.43. The molecule has 0 aliphatic rings. The molecule has 4 aromatic rings. The number of halogens is 1. The molecule has 2 aromatic heterocycles. The molecule has 4 rings (SSSR count). The molecule has 0 aliphatic carbocycles. The first kappa shape index (κ1) is 21.9. The van der Waals surface area contributed by atoms with Crippen molar-refractivity contribution in [3.05, 3.63) is 71.0 Å². The molecule has 0 bridgehead atoms. The van der Waals surface area contributed by atoms with Gasteiger partial charge in [-0.1, -0.05) is 35.1 Å². The summed E-state index contributed by atoms with van der Waals surface area (Å²) in [6.45, 7) is 0.257. The third-order valence-electron chi connectivity index (χ3n) is 4.84. The van der Waals surface area contributed by atoms with E-state index >= 15 is 0 Å². The van der Waals surface area contributed by atoms with Crippen LogP contribution in [0.15, 0.2) is 54.9 Å². The summed E-state index contributed by atoms with van der Waals surface area (Å²) in [5.74, 6) is 1.11. The second kappa shape index (κ2) is 9.42. The third kappa shape index (κ3) is 4.06. The predicted molar refractivity (Wildman–Crippen MR) is 125 cm³/mol. The average molecular weight is 470 g/mol. The summed E-state index contributed by atoms with van der Waals surface area (Å²) in [5.41, 5.74) is 1.80. The number of hydrogen-bond donors (Lipinski definition) is 0. The normalized spacial score (nSPS) is 10.8. The van der Waals surface area contributed by atoms with Gasteiger partial charge in [-0.25, -0.2) is 4.98 Å². The van der Waals surface area contributed by atoms with Crippen molar-refractivity contribution < 1.29 is 19.0 Å². The molecule has 1 amide bonds. The van der Waals surface area contributed by atoms with Gasteiger partial charge in [0.25, 0.3) is 5.91 Å². The number of thiazole rings is 1. The minimum atomic E-state index is -0.293. The van der Waals surface area contributed by atoms with E-state index in [2.05, 4.69) is 4.98 Å². The van der Waals surface area contributed by atoms with Crippen LogP contribution in [-0.4, -0.2) is 37.2 Å². The number of benzene rings is 2. The quantitative estimate of drug-likeness (QED) is 0.369. The van der Waals surface area contributed by atoms with Crippen LogP contribution in [0.2, 0.25) is 5.02 Å². The lowest BCUT2D eigenvalue weighted by molar-refractivity contribution is 0.0981. The largest absolute Gasteiger partial charge is 0.494 e. The number of pyridine rings is 1. The fourth-order valence-corrected chi connectivity index (χ4v) is 4.58. The Hall–Kier alpha value is -3.36. The van der Waals surface area contributed by atoms with E-state index in [0.717, 1.165) is 10.3 Å². The van der Waals surface area contributed by atoms with Gasteiger partial charge in [-0.2, -0.15) is 0 Å². The molecule has 7 nitrogen and oxygen atoms in total. The van der Waals surface area contributed by atoms with Crippen molar-refractivity contribution in [2.45, 2.75) is 6.54 Å². The summed E-state index contributed by atoms with van der Waals surface area (Å²) in [6.07, 6.45) is 3.40. The molecule has 0 spiro atoms. The van der Waals surface area contributed by atoms with Gasteiger partial charge in [0.05, 0.1) is 43.2 Å². The molecule has 2 heterocycles. The van der Waals surface area contributed by atoms with Crippen molar-refractivity contribution in [2.24, 2.45) is 0 Å². The van der Waals surface area contributed by atoms with Crippen LogP contribution >= 0.6 is 22.9 Å². The number of ether oxygens (including phenoxy) is 3. The minimum Gasteiger partial charge on any atom is -0.494 e. The number of carbonyl (C=O) groups is 1. The smallest absolute Gasteiger partial charge is 0.264 e. The van der Waals surface area contributed by atoms with Crippen molar-refractivity contribution in [3.8, 4) is 17.2 Å². The molecule has 0 saturated carbocycles. The lowest BCUT2D eigenvalue weighted by Gasteiger charge is -2.21. The van der Waals surface area contributed by atoms with Gasteiger partial charge in [-0.3, -0.25) is 14.7 Å². The van der Waals surface area contributed by atoms with Crippen LogP contribution in [0, 0.1) is 0 Å². The number of anilines is 1. The Morgan fingerprint density at radius 3 is 2.53 bits per heavy atom. The number of fused-ring (bicyclic) bond motifs is 1. The van der Waals surface area contributed by atoms with E-state index in [-0.39, 0.29) is 12.5 Å². The molecule has 0 saturated heterocycles. The molecular formula is C23H20ClN3O4S. The first-order chi connectivity index (χ1) is 15.6. The van der Waals surface area contributed by atoms with Crippen molar-refractivity contribution in [3.63, 3.8) is 0 Å². The van der Waals surface area contributed by atoms with Crippen molar-refractivity contribution in [1.82, 2.24) is 9.97 Å². The second-order valence-corrected chi connectivity index (χ2v) is 8.10. The van der Waals surface area contributed by atoms with Crippen molar-refractivity contribution in [1.29, 1.82) is 0 Å². The topological polar surface area (TPSA) is 73.8 Å². The van der Waals surface area contributed by atoms with Gasteiger partial charge in [0, 0.05) is 12.4 Å². The zero-order valence-electron chi connectivity index (χ0n) is 17.7. The van der Waals surface area contributed by atoms with E-state index in [4.69, 9.17) is 30.8 Å². The van der Waals surface area contributed by atoms with E-state index in [1.165, 1.54) is 25.6 Å². The molecule has 0 fully saturated rings. The maximum atomic E-state index is 13.8. The molecule has 0 aliphatic heterocycles. The highest BCUT2D eigenvalue weighted by Gasteiger charge is 2.27. The highest BCUT2D eigenvalue weighted by atomic mass is 35.5.